The lowest BCUT2D eigenvalue weighted by molar-refractivity contribution is 0.0583. The highest BCUT2D eigenvalue weighted by Gasteiger charge is 2.57. The first-order valence-corrected chi connectivity index (χ1v) is 8.82. The van der Waals surface area contributed by atoms with Crippen molar-refractivity contribution in [2.24, 2.45) is 0 Å². The van der Waals surface area contributed by atoms with Gasteiger partial charge in [-0.25, -0.2) is 0 Å². The third-order valence-corrected chi connectivity index (χ3v) is 6.31. The molecule has 4 rings (SSSR count). The molecule has 0 N–H and O–H groups in total. The Balaban J connectivity index is 1.94. The summed E-state index contributed by atoms with van der Waals surface area (Å²) in [6.45, 7) is 4.35. The Labute approximate surface area is 156 Å². The van der Waals surface area contributed by atoms with Gasteiger partial charge in [0.2, 0.25) is 5.72 Å². The number of hydrogen-bond donors (Lipinski definition) is 0. The summed E-state index contributed by atoms with van der Waals surface area (Å²) in [4.78, 5) is 2.15. The highest BCUT2D eigenvalue weighted by Crippen LogP contribution is 2.56. The van der Waals surface area contributed by atoms with Crippen molar-refractivity contribution in [1.82, 2.24) is 0 Å². The number of hydrogen-bond acceptors (Lipinski definition) is 2. The first kappa shape index (κ1) is 16.1. The van der Waals surface area contributed by atoms with Gasteiger partial charge >= 0.3 is 0 Å². The minimum atomic E-state index is -0.676. The number of anilines is 1. The number of para-hydroxylation sites is 1. The summed E-state index contributed by atoms with van der Waals surface area (Å²) in [5.74, 6) is 0.571. The second-order valence-electron chi connectivity index (χ2n) is 6.73. The van der Waals surface area contributed by atoms with Crippen LogP contribution in [-0.4, -0.2) is 12.8 Å². The zero-order valence-electron chi connectivity index (χ0n) is 13.5. The van der Waals surface area contributed by atoms with Gasteiger partial charge in [-0.05, 0) is 43.7 Å². The zero-order chi connectivity index (χ0) is 17.3. The maximum Gasteiger partial charge on any atom is 0.211 e. The Morgan fingerprint density at radius 2 is 1.75 bits per heavy atom. The van der Waals surface area contributed by atoms with Crippen LogP contribution in [0.25, 0.3) is 6.08 Å². The molecule has 2 aromatic carbocycles. The van der Waals surface area contributed by atoms with Crippen molar-refractivity contribution in [3.05, 3.63) is 62.6 Å². The smallest absolute Gasteiger partial charge is 0.211 e. The molecule has 2 heterocycles. The average molecular weight is 381 g/mol. The van der Waals surface area contributed by atoms with Gasteiger partial charge in [0.1, 0.15) is 5.75 Å². The second-order valence-corrected chi connectivity index (χ2v) is 7.92. The minimum absolute atomic E-state index is 0.276. The minimum Gasteiger partial charge on any atom is -0.461 e. The Morgan fingerprint density at radius 1 is 1.04 bits per heavy atom. The third kappa shape index (κ3) is 1.85. The molecule has 24 heavy (non-hydrogen) atoms. The number of rotatable bonds is 0. The quantitative estimate of drug-likeness (QED) is 0.506. The van der Waals surface area contributed by atoms with E-state index in [4.69, 9.17) is 39.5 Å². The van der Waals surface area contributed by atoms with Crippen molar-refractivity contribution in [3.8, 4) is 5.75 Å². The molecule has 2 aliphatic heterocycles. The molecule has 1 unspecified atom stereocenters. The summed E-state index contributed by atoms with van der Waals surface area (Å²) >= 11 is 18.9. The molecular weight excluding hydrogens is 365 g/mol. The lowest BCUT2D eigenvalue weighted by atomic mass is 9.76. The molecule has 0 saturated heterocycles. The molecule has 0 amide bonds. The highest BCUT2D eigenvalue weighted by atomic mass is 35.5. The van der Waals surface area contributed by atoms with Crippen LogP contribution in [-0.2, 0) is 5.41 Å². The van der Waals surface area contributed by atoms with Gasteiger partial charge in [0.15, 0.2) is 0 Å². The molecule has 1 spiro atoms. The van der Waals surface area contributed by atoms with E-state index in [9.17, 15) is 0 Å². The highest BCUT2D eigenvalue weighted by molar-refractivity contribution is 6.44. The van der Waals surface area contributed by atoms with Crippen molar-refractivity contribution in [2.75, 3.05) is 11.9 Å². The van der Waals surface area contributed by atoms with Crippen LogP contribution in [0.1, 0.15) is 25.0 Å². The molecular formula is C19H16Cl3NO. The molecule has 0 radical (unpaired) electrons. The van der Waals surface area contributed by atoms with Gasteiger partial charge in [-0.2, -0.15) is 0 Å². The number of ether oxygens (including phenoxy) is 1. The molecule has 2 aliphatic rings. The monoisotopic (exact) mass is 379 g/mol. The van der Waals surface area contributed by atoms with Gasteiger partial charge in [-0.3, -0.25) is 0 Å². The van der Waals surface area contributed by atoms with E-state index in [1.807, 2.05) is 25.3 Å². The van der Waals surface area contributed by atoms with Crippen molar-refractivity contribution < 1.29 is 4.74 Å². The Bertz CT molecular complexity index is 890. The summed E-state index contributed by atoms with van der Waals surface area (Å²) in [5, 5.41) is 1.34. The fourth-order valence-corrected chi connectivity index (χ4v) is 4.56. The molecule has 0 aliphatic carbocycles. The van der Waals surface area contributed by atoms with Crippen LogP contribution < -0.4 is 9.64 Å². The summed E-state index contributed by atoms with van der Waals surface area (Å²) in [6, 6.07) is 9.97. The van der Waals surface area contributed by atoms with Gasteiger partial charge in [-0.1, -0.05) is 53.0 Å². The van der Waals surface area contributed by atoms with E-state index >= 15 is 0 Å². The number of halogens is 3. The van der Waals surface area contributed by atoms with Crippen molar-refractivity contribution in [2.45, 2.75) is 25.0 Å². The van der Waals surface area contributed by atoms with Crippen LogP contribution in [0.15, 0.2) is 36.4 Å². The number of likely N-dealkylation sites (N-methyl/N-ethyl adjacent to an activating group) is 1. The predicted octanol–water partition coefficient (Wildman–Crippen LogP) is 6.18. The molecule has 1 atom stereocenters. The number of nitrogens with zero attached hydrogens (tertiary/aromatic N) is 1. The standard InChI is InChI=1S/C19H16Cl3NO/c1-18(2)12-6-4-5-7-15(12)23(3)19(18)9-8-11-16(22)13(20)10-14(21)17(11)24-19/h4-10H,1-3H3. The second kappa shape index (κ2) is 5.08. The van der Waals surface area contributed by atoms with Crippen LogP contribution in [0.3, 0.4) is 0 Å². The molecule has 5 heteroatoms. The molecule has 0 fully saturated rings. The SMILES string of the molecule is CN1c2ccccc2C(C)(C)C12C=Cc1c(Cl)c(Cl)cc(Cl)c1O2. The normalized spacial score (nSPS) is 23.2. The van der Waals surface area contributed by atoms with Crippen molar-refractivity contribution >= 4 is 46.6 Å². The van der Waals surface area contributed by atoms with Gasteiger partial charge in [-0.15, -0.1) is 0 Å². The summed E-state index contributed by atoms with van der Waals surface area (Å²) < 4.78 is 6.52. The van der Waals surface area contributed by atoms with Gasteiger partial charge in [0.25, 0.3) is 0 Å². The van der Waals surface area contributed by atoms with E-state index in [2.05, 4.69) is 36.9 Å². The van der Waals surface area contributed by atoms with E-state index in [0.717, 1.165) is 11.3 Å². The third-order valence-electron chi connectivity index (χ3n) is 5.23. The zero-order valence-corrected chi connectivity index (χ0v) is 15.8. The summed E-state index contributed by atoms with van der Waals surface area (Å²) in [7, 11) is 2.04. The predicted molar refractivity (Wildman–Crippen MR) is 102 cm³/mol. The Hall–Kier alpha value is -1.35. The molecule has 124 valence electrons. The van der Waals surface area contributed by atoms with Crippen molar-refractivity contribution in [1.29, 1.82) is 0 Å². The van der Waals surface area contributed by atoms with E-state index < -0.39 is 5.72 Å². The Kier molecular flexibility index (Phi) is 3.41. The van der Waals surface area contributed by atoms with Gasteiger partial charge in [0.05, 0.1) is 20.5 Å². The van der Waals surface area contributed by atoms with Gasteiger partial charge < -0.3 is 9.64 Å². The average Bonchev–Trinajstić information content (AvgIpc) is 2.72. The molecule has 0 saturated carbocycles. The Morgan fingerprint density at radius 3 is 2.46 bits per heavy atom. The maximum absolute atomic E-state index is 6.52. The van der Waals surface area contributed by atoms with Gasteiger partial charge in [0, 0.05) is 18.3 Å². The summed E-state index contributed by atoms with van der Waals surface area (Å²) in [6.07, 6.45) is 4.01. The lowest BCUT2D eigenvalue weighted by Gasteiger charge is -2.46. The first-order valence-electron chi connectivity index (χ1n) is 7.69. The van der Waals surface area contributed by atoms with E-state index in [0.29, 0.717) is 20.8 Å². The van der Waals surface area contributed by atoms with Crippen LogP contribution in [0.2, 0.25) is 15.1 Å². The maximum atomic E-state index is 6.52. The largest absolute Gasteiger partial charge is 0.461 e. The number of benzene rings is 2. The molecule has 2 aromatic rings. The number of fused-ring (bicyclic) bond motifs is 2. The molecule has 0 bridgehead atoms. The molecule has 0 aromatic heterocycles. The van der Waals surface area contributed by atoms with Crippen LogP contribution >= 0.6 is 34.8 Å². The fraction of sp³-hybridized carbons (Fsp3) is 0.263. The topological polar surface area (TPSA) is 12.5 Å². The van der Waals surface area contributed by atoms with Crippen molar-refractivity contribution in [3.63, 3.8) is 0 Å². The van der Waals surface area contributed by atoms with E-state index in [-0.39, 0.29) is 5.41 Å². The first-order chi connectivity index (χ1) is 11.3. The van der Waals surface area contributed by atoms with Crippen LogP contribution in [0, 0.1) is 0 Å². The molecule has 2 nitrogen and oxygen atoms in total. The van der Waals surface area contributed by atoms with E-state index in [1.165, 1.54) is 5.56 Å². The summed E-state index contributed by atoms with van der Waals surface area (Å²) in [5.41, 5.74) is 2.15. The van der Waals surface area contributed by atoms with E-state index in [1.54, 1.807) is 6.07 Å². The van der Waals surface area contributed by atoms with Crippen LogP contribution in [0.5, 0.6) is 5.75 Å². The fourth-order valence-electron chi connectivity index (χ4n) is 3.84. The van der Waals surface area contributed by atoms with Crippen LogP contribution in [0.4, 0.5) is 5.69 Å². The lowest BCUT2D eigenvalue weighted by Crippen LogP contribution is -2.58.